The highest BCUT2D eigenvalue weighted by Crippen LogP contribution is 2.44. The fraction of sp³-hybridized carbons (Fsp3) is 0.500. The van der Waals surface area contributed by atoms with Gasteiger partial charge in [-0.15, -0.1) is 0 Å². The molecule has 0 saturated heterocycles. The molecule has 0 aliphatic heterocycles. The van der Waals surface area contributed by atoms with Gasteiger partial charge in [-0.05, 0) is 49.8 Å². The van der Waals surface area contributed by atoms with E-state index in [1.807, 2.05) is 0 Å². The van der Waals surface area contributed by atoms with Gasteiger partial charge in [-0.1, -0.05) is 6.07 Å². The maximum atomic E-state index is 9.44. The Balaban J connectivity index is 1.85. The van der Waals surface area contributed by atoms with E-state index in [2.05, 4.69) is 35.9 Å². The number of benzene rings is 1. The largest absolute Gasteiger partial charge is 0.331 e. The fourth-order valence-corrected chi connectivity index (χ4v) is 3.22. The number of hydrogen-bond donors (Lipinski definition) is 0. The van der Waals surface area contributed by atoms with E-state index < -0.39 is 0 Å². The van der Waals surface area contributed by atoms with Gasteiger partial charge >= 0.3 is 0 Å². The molecule has 0 atom stereocenters. The lowest BCUT2D eigenvalue weighted by Crippen LogP contribution is -2.32. The van der Waals surface area contributed by atoms with E-state index in [-0.39, 0.29) is 5.41 Å². The zero-order valence-corrected chi connectivity index (χ0v) is 11.2. The van der Waals surface area contributed by atoms with Gasteiger partial charge in [0.25, 0.3) is 0 Å². The highest BCUT2D eigenvalue weighted by molar-refractivity contribution is 5.77. The van der Waals surface area contributed by atoms with Gasteiger partial charge in [-0.2, -0.15) is 5.26 Å². The smallest absolute Gasteiger partial charge is 0.112 e. The molecule has 1 heterocycles. The Hall–Kier alpha value is -1.82. The molecule has 1 aromatic carbocycles. The normalized spacial score (nSPS) is 21.1. The Morgan fingerprint density at radius 2 is 2.16 bits per heavy atom. The number of nitriles is 1. The lowest BCUT2D eigenvalue weighted by molar-refractivity contribution is 0.324. The van der Waals surface area contributed by atoms with Gasteiger partial charge in [-0.25, -0.2) is 4.98 Å². The quantitative estimate of drug-likeness (QED) is 0.821. The number of rotatable bonds is 2. The predicted octanol–water partition coefficient (Wildman–Crippen LogP) is 3.40. The van der Waals surface area contributed by atoms with Crippen molar-refractivity contribution in [1.29, 1.82) is 5.26 Å². The van der Waals surface area contributed by atoms with Crippen molar-refractivity contribution in [2.75, 3.05) is 0 Å². The third-order valence-electron chi connectivity index (χ3n) is 4.83. The minimum atomic E-state index is -0.231. The average Bonchev–Trinajstić information content (AvgIpc) is 3.15. The van der Waals surface area contributed by atoms with Gasteiger partial charge in [0.15, 0.2) is 0 Å². The summed E-state index contributed by atoms with van der Waals surface area (Å²) < 4.78 is 2.22. The number of aryl methyl sites for hydroxylation is 1. The summed E-state index contributed by atoms with van der Waals surface area (Å²) in [6, 6.07) is 8.93. The molecule has 96 valence electrons. The van der Waals surface area contributed by atoms with Gasteiger partial charge in [0.1, 0.15) is 5.82 Å². The molecule has 0 bridgehead atoms. The molecule has 0 amide bonds. The second-order valence-electron chi connectivity index (χ2n) is 6.05. The lowest BCUT2D eigenvalue weighted by Gasteiger charge is -2.35. The molecule has 4 rings (SSSR count). The van der Waals surface area contributed by atoms with Crippen LogP contribution in [0.1, 0.15) is 49.4 Å². The summed E-state index contributed by atoms with van der Waals surface area (Å²) in [4.78, 5) is 4.79. The molecule has 2 aliphatic rings. The highest BCUT2D eigenvalue weighted by atomic mass is 15.1. The van der Waals surface area contributed by atoms with Crippen LogP contribution in [0.5, 0.6) is 0 Å². The lowest BCUT2D eigenvalue weighted by atomic mass is 9.65. The Morgan fingerprint density at radius 1 is 1.37 bits per heavy atom. The Labute approximate surface area is 112 Å². The molecule has 2 saturated carbocycles. The van der Waals surface area contributed by atoms with Crippen LogP contribution < -0.4 is 0 Å². The third kappa shape index (κ3) is 1.46. The summed E-state index contributed by atoms with van der Waals surface area (Å²) >= 11 is 0. The number of fused-ring (bicyclic) bond motifs is 1. The van der Waals surface area contributed by atoms with Crippen LogP contribution in [-0.4, -0.2) is 9.55 Å². The second kappa shape index (κ2) is 3.60. The second-order valence-corrected chi connectivity index (χ2v) is 6.05. The maximum absolute atomic E-state index is 9.44. The third-order valence-corrected chi connectivity index (χ3v) is 4.83. The zero-order chi connectivity index (χ0) is 13.0. The number of hydrogen-bond acceptors (Lipinski definition) is 2. The van der Waals surface area contributed by atoms with Crippen molar-refractivity contribution in [1.82, 2.24) is 9.55 Å². The first-order valence-corrected chi connectivity index (χ1v) is 7.12. The average molecular weight is 251 g/mol. The minimum Gasteiger partial charge on any atom is -0.331 e. The minimum absolute atomic E-state index is 0.231. The molecule has 3 nitrogen and oxygen atoms in total. The van der Waals surface area contributed by atoms with E-state index >= 15 is 0 Å². The van der Waals surface area contributed by atoms with Crippen molar-refractivity contribution in [2.45, 2.75) is 43.4 Å². The molecule has 1 aromatic heterocycles. The Bertz CT molecular complexity index is 697. The van der Waals surface area contributed by atoms with Crippen LogP contribution in [0.2, 0.25) is 0 Å². The topological polar surface area (TPSA) is 41.6 Å². The van der Waals surface area contributed by atoms with Crippen molar-refractivity contribution in [3.05, 3.63) is 29.6 Å². The predicted molar refractivity (Wildman–Crippen MR) is 73.8 cm³/mol. The first-order chi connectivity index (χ1) is 9.23. The number of aromatic nitrogens is 2. The van der Waals surface area contributed by atoms with Crippen molar-refractivity contribution >= 4 is 11.0 Å². The van der Waals surface area contributed by atoms with Crippen LogP contribution in [0.3, 0.4) is 0 Å². The van der Waals surface area contributed by atoms with E-state index in [0.29, 0.717) is 5.92 Å². The number of imidazole rings is 1. The van der Waals surface area contributed by atoms with Crippen LogP contribution in [-0.2, 0) is 12.5 Å². The van der Waals surface area contributed by atoms with Crippen LogP contribution in [0.25, 0.3) is 11.0 Å². The van der Waals surface area contributed by atoms with E-state index in [1.54, 1.807) is 0 Å². The first kappa shape index (κ1) is 11.0. The summed E-state index contributed by atoms with van der Waals surface area (Å²) in [5.74, 6) is 1.88. The van der Waals surface area contributed by atoms with Gasteiger partial charge in [-0.3, -0.25) is 0 Å². The van der Waals surface area contributed by atoms with E-state index in [9.17, 15) is 5.26 Å². The highest BCUT2D eigenvalue weighted by Gasteiger charge is 2.39. The van der Waals surface area contributed by atoms with Gasteiger partial charge < -0.3 is 4.57 Å². The van der Waals surface area contributed by atoms with Gasteiger partial charge in [0.2, 0.25) is 0 Å². The molecule has 0 spiro atoms. The van der Waals surface area contributed by atoms with Crippen LogP contribution >= 0.6 is 0 Å². The molecule has 2 fully saturated rings. The molecule has 0 radical (unpaired) electrons. The zero-order valence-electron chi connectivity index (χ0n) is 11.2. The van der Waals surface area contributed by atoms with Gasteiger partial charge in [0.05, 0.1) is 22.5 Å². The summed E-state index contributed by atoms with van der Waals surface area (Å²) in [5.41, 5.74) is 3.18. The van der Waals surface area contributed by atoms with Crippen molar-refractivity contribution in [2.24, 2.45) is 7.05 Å². The van der Waals surface area contributed by atoms with Crippen molar-refractivity contribution in [3.8, 4) is 6.07 Å². The molecule has 3 heteroatoms. The van der Waals surface area contributed by atoms with E-state index in [4.69, 9.17) is 4.98 Å². The van der Waals surface area contributed by atoms with E-state index in [1.165, 1.54) is 30.6 Å². The summed E-state index contributed by atoms with van der Waals surface area (Å²) in [6.45, 7) is 0. The summed E-state index contributed by atoms with van der Waals surface area (Å²) in [6.07, 6.45) is 5.70. The first-order valence-electron chi connectivity index (χ1n) is 7.12. The fourth-order valence-electron chi connectivity index (χ4n) is 3.22. The van der Waals surface area contributed by atoms with E-state index in [0.717, 1.165) is 23.9 Å². The summed E-state index contributed by atoms with van der Waals surface area (Å²) in [7, 11) is 2.10. The van der Waals surface area contributed by atoms with Crippen LogP contribution in [0.4, 0.5) is 0 Å². The molecule has 0 N–H and O–H groups in total. The van der Waals surface area contributed by atoms with Crippen molar-refractivity contribution < 1.29 is 0 Å². The van der Waals surface area contributed by atoms with Crippen LogP contribution in [0, 0.1) is 11.3 Å². The van der Waals surface area contributed by atoms with Crippen LogP contribution in [0.15, 0.2) is 18.2 Å². The Kier molecular flexibility index (Phi) is 2.09. The molecule has 19 heavy (non-hydrogen) atoms. The number of nitrogens with zero attached hydrogens (tertiary/aromatic N) is 3. The molecule has 0 unspecified atom stereocenters. The monoisotopic (exact) mass is 251 g/mol. The summed E-state index contributed by atoms with van der Waals surface area (Å²) in [5, 5.41) is 9.44. The molecule has 2 aromatic rings. The Morgan fingerprint density at radius 3 is 2.74 bits per heavy atom. The maximum Gasteiger partial charge on any atom is 0.112 e. The standard InChI is InChI=1S/C16H17N3/c1-19-14-6-5-12(16(10-17)7-2-8-16)9-13(14)18-15(19)11-3-4-11/h5-6,9,11H,2-4,7-8H2,1H3. The molecular formula is C16H17N3. The van der Waals surface area contributed by atoms with Gasteiger partial charge in [0, 0.05) is 13.0 Å². The molecule has 2 aliphatic carbocycles. The van der Waals surface area contributed by atoms with Crippen molar-refractivity contribution in [3.63, 3.8) is 0 Å². The SMILES string of the molecule is Cn1c(C2CC2)nc2cc(C3(C#N)CCC3)ccc21. The molecular weight excluding hydrogens is 234 g/mol.